The number of amides is 1. The Morgan fingerprint density at radius 3 is 2.76 bits per heavy atom. The van der Waals surface area contributed by atoms with Gasteiger partial charge in [0.25, 0.3) is 11.7 Å². The van der Waals surface area contributed by atoms with Crippen LogP contribution >= 0.6 is 11.6 Å². The van der Waals surface area contributed by atoms with Crippen molar-refractivity contribution in [3.05, 3.63) is 94.5 Å². The molecule has 1 saturated heterocycles. The molecule has 1 atom stereocenters. The van der Waals surface area contributed by atoms with Crippen molar-refractivity contribution in [1.29, 1.82) is 0 Å². The maximum Gasteiger partial charge on any atom is 0.296 e. The summed E-state index contributed by atoms with van der Waals surface area (Å²) in [6, 6.07) is 14.9. The minimum Gasteiger partial charge on any atom is -0.507 e. The summed E-state index contributed by atoms with van der Waals surface area (Å²) in [7, 11) is 1.49. The minimum atomic E-state index is -0.853. The van der Waals surface area contributed by atoms with Gasteiger partial charge in [0, 0.05) is 28.2 Å². The Morgan fingerprint density at radius 2 is 2.00 bits per heavy atom. The highest BCUT2D eigenvalue weighted by Gasteiger charge is 2.47. The number of nitrogens with zero attached hydrogens (tertiary/aromatic N) is 1. The number of furan rings is 1. The van der Waals surface area contributed by atoms with E-state index in [1.807, 2.05) is 24.3 Å². The molecule has 5 rings (SSSR count). The quantitative estimate of drug-likeness (QED) is 0.246. The summed E-state index contributed by atoms with van der Waals surface area (Å²) in [5, 5.41) is 12.4. The first kappa shape index (κ1) is 20.9. The second-order valence-electron chi connectivity index (χ2n) is 7.64. The molecule has 1 fully saturated rings. The summed E-state index contributed by atoms with van der Waals surface area (Å²) < 4.78 is 10.7. The normalized spacial score (nSPS) is 17.8. The molecule has 0 aliphatic carbocycles. The summed E-state index contributed by atoms with van der Waals surface area (Å²) in [5.41, 5.74) is 1.68. The highest BCUT2D eigenvalue weighted by molar-refractivity contribution is 6.47. The lowest BCUT2D eigenvalue weighted by atomic mass is 9.95. The molecule has 1 aliphatic heterocycles. The fourth-order valence-corrected chi connectivity index (χ4v) is 4.42. The van der Waals surface area contributed by atoms with Gasteiger partial charge in [-0.05, 0) is 36.4 Å². The maximum atomic E-state index is 13.2. The van der Waals surface area contributed by atoms with Crippen molar-refractivity contribution < 1.29 is 23.8 Å². The Kier molecular flexibility index (Phi) is 5.18. The first-order chi connectivity index (χ1) is 16.0. The number of benzene rings is 2. The Bertz CT molecular complexity index is 1400. The summed E-state index contributed by atoms with van der Waals surface area (Å²) in [6.07, 6.45) is 3.25. The zero-order chi connectivity index (χ0) is 23.1. The number of fused-ring (bicyclic) bond motifs is 1. The number of nitrogens with one attached hydrogen (secondary N) is 1. The second kappa shape index (κ2) is 8.18. The van der Waals surface area contributed by atoms with Crippen molar-refractivity contribution >= 4 is 40.0 Å². The topological polar surface area (TPSA) is 95.8 Å². The number of ketones is 1. The minimum absolute atomic E-state index is 0.0496. The summed E-state index contributed by atoms with van der Waals surface area (Å²) >= 11 is 6.35. The van der Waals surface area contributed by atoms with Crippen molar-refractivity contribution in [2.45, 2.75) is 12.6 Å². The van der Waals surface area contributed by atoms with Gasteiger partial charge in [0.05, 0.1) is 36.6 Å². The predicted octanol–water partition coefficient (Wildman–Crippen LogP) is 5.04. The van der Waals surface area contributed by atoms with Gasteiger partial charge < -0.3 is 24.1 Å². The number of para-hydroxylation sites is 1. The second-order valence-corrected chi connectivity index (χ2v) is 8.05. The number of H-pyrrole nitrogens is 1. The molecule has 1 aliphatic rings. The van der Waals surface area contributed by atoms with Crippen LogP contribution in [0.4, 0.5) is 0 Å². The lowest BCUT2D eigenvalue weighted by Crippen LogP contribution is -2.29. The van der Waals surface area contributed by atoms with E-state index in [1.165, 1.54) is 24.3 Å². The number of aromatic amines is 1. The van der Waals surface area contributed by atoms with Crippen LogP contribution in [0.25, 0.3) is 16.7 Å². The number of halogens is 1. The zero-order valence-corrected chi connectivity index (χ0v) is 18.3. The number of aliphatic hydroxyl groups is 1. The fraction of sp³-hybridized carbons (Fsp3) is 0.120. The molecule has 1 amide bonds. The molecule has 0 bridgehead atoms. The molecule has 2 aromatic heterocycles. The molecule has 0 saturated carbocycles. The Labute approximate surface area is 193 Å². The summed E-state index contributed by atoms with van der Waals surface area (Å²) in [4.78, 5) is 31.0. The average Bonchev–Trinajstić information content (AvgIpc) is 3.55. The predicted molar refractivity (Wildman–Crippen MR) is 123 cm³/mol. The van der Waals surface area contributed by atoms with Crippen molar-refractivity contribution in [3.63, 3.8) is 0 Å². The number of aromatic nitrogens is 1. The number of aliphatic hydroxyl groups excluding tert-OH is 1. The fourth-order valence-electron chi connectivity index (χ4n) is 4.21. The molecule has 166 valence electrons. The molecule has 2 N–H and O–H groups in total. The van der Waals surface area contributed by atoms with E-state index in [1.54, 1.807) is 30.5 Å². The average molecular weight is 463 g/mol. The van der Waals surface area contributed by atoms with Gasteiger partial charge in [-0.1, -0.05) is 29.8 Å². The van der Waals surface area contributed by atoms with Gasteiger partial charge in [-0.3, -0.25) is 9.59 Å². The number of carbonyl (C=O) groups excluding carboxylic acids is 2. The van der Waals surface area contributed by atoms with E-state index in [0.717, 1.165) is 10.9 Å². The summed E-state index contributed by atoms with van der Waals surface area (Å²) in [6.45, 7) is 0.0599. The molecular formula is C25H19ClN2O5. The molecule has 1 unspecified atom stereocenters. The van der Waals surface area contributed by atoms with Gasteiger partial charge in [0.1, 0.15) is 17.3 Å². The van der Waals surface area contributed by atoms with Crippen LogP contribution in [0, 0.1) is 0 Å². The first-order valence-corrected chi connectivity index (χ1v) is 10.6. The van der Waals surface area contributed by atoms with Crippen LogP contribution in [0.15, 0.2) is 77.0 Å². The van der Waals surface area contributed by atoms with Crippen LogP contribution in [0.2, 0.25) is 5.02 Å². The highest BCUT2D eigenvalue weighted by Crippen LogP contribution is 2.43. The van der Waals surface area contributed by atoms with E-state index in [-0.39, 0.29) is 28.5 Å². The van der Waals surface area contributed by atoms with E-state index in [4.69, 9.17) is 20.8 Å². The lowest BCUT2D eigenvalue weighted by Gasteiger charge is -2.24. The van der Waals surface area contributed by atoms with E-state index >= 15 is 0 Å². The summed E-state index contributed by atoms with van der Waals surface area (Å²) in [5.74, 6) is -0.930. The van der Waals surface area contributed by atoms with E-state index in [2.05, 4.69) is 4.98 Å². The number of rotatable bonds is 5. The van der Waals surface area contributed by atoms with Gasteiger partial charge in [-0.2, -0.15) is 0 Å². The van der Waals surface area contributed by atoms with Crippen molar-refractivity contribution in [1.82, 2.24) is 9.88 Å². The van der Waals surface area contributed by atoms with Crippen molar-refractivity contribution in [2.75, 3.05) is 7.11 Å². The van der Waals surface area contributed by atoms with Gasteiger partial charge >= 0.3 is 0 Å². The van der Waals surface area contributed by atoms with Gasteiger partial charge in [-0.25, -0.2) is 0 Å². The third-order valence-corrected chi connectivity index (χ3v) is 6.12. The maximum absolute atomic E-state index is 13.2. The van der Waals surface area contributed by atoms with Gasteiger partial charge in [-0.15, -0.1) is 0 Å². The number of hydrogen-bond acceptors (Lipinski definition) is 5. The molecule has 0 spiro atoms. The van der Waals surface area contributed by atoms with Crippen LogP contribution in [-0.4, -0.2) is 33.8 Å². The number of likely N-dealkylation sites (tertiary alicyclic amines) is 1. The lowest BCUT2D eigenvalue weighted by molar-refractivity contribution is -0.140. The number of Topliss-reactive ketones (excluding diaryl/α,β-unsaturated/α-hetero) is 1. The Hall–Kier alpha value is -3.97. The third-order valence-electron chi connectivity index (χ3n) is 5.79. The van der Waals surface area contributed by atoms with Crippen molar-refractivity contribution in [2.24, 2.45) is 0 Å². The van der Waals surface area contributed by atoms with Crippen LogP contribution in [0.5, 0.6) is 5.75 Å². The third kappa shape index (κ3) is 3.47. The molecule has 33 heavy (non-hydrogen) atoms. The van der Waals surface area contributed by atoms with E-state index in [9.17, 15) is 14.7 Å². The number of methoxy groups -OCH3 is 1. The zero-order valence-electron chi connectivity index (χ0n) is 17.5. The molecule has 8 heteroatoms. The van der Waals surface area contributed by atoms with Gasteiger partial charge in [0.2, 0.25) is 0 Å². The van der Waals surface area contributed by atoms with Crippen LogP contribution < -0.4 is 4.74 Å². The Balaban J connectivity index is 1.74. The molecule has 2 aromatic carbocycles. The van der Waals surface area contributed by atoms with E-state index < -0.39 is 17.7 Å². The smallest absolute Gasteiger partial charge is 0.296 e. The SMILES string of the molecule is COc1ccc(Cl)c(/C(O)=C2\C(=O)C(=O)N(Cc3ccco3)C2c2c[nH]c3ccccc23)c1. The van der Waals surface area contributed by atoms with Gasteiger partial charge in [0.15, 0.2) is 0 Å². The largest absolute Gasteiger partial charge is 0.507 e. The first-order valence-electron chi connectivity index (χ1n) is 10.2. The molecule has 4 aromatic rings. The molecule has 7 nitrogen and oxygen atoms in total. The Morgan fingerprint density at radius 1 is 1.18 bits per heavy atom. The monoisotopic (exact) mass is 462 g/mol. The highest BCUT2D eigenvalue weighted by atomic mass is 35.5. The molecule has 3 heterocycles. The molecular weight excluding hydrogens is 444 g/mol. The number of carbonyl (C=O) groups is 2. The van der Waals surface area contributed by atoms with Crippen molar-refractivity contribution in [3.8, 4) is 5.75 Å². The van der Waals surface area contributed by atoms with Crippen LogP contribution in [0.3, 0.4) is 0 Å². The number of ether oxygens (including phenoxy) is 1. The van der Waals surface area contributed by atoms with E-state index in [0.29, 0.717) is 17.1 Å². The standard InChI is InChI=1S/C25H19ClN2O5/c1-32-14-8-9-19(26)17(11-14)23(29)21-22(18-12-27-20-7-3-2-6-16(18)20)28(25(31)24(21)30)13-15-5-4-10-33-15/h2-12,22,27,29H,13H2,1H3/b23-21+. The van der Waals surface area contributed by atoms with Crippen LogP contribution in [-0.2, 0) is 16.1 Å². The van der Waals surface area contributed by atoms with Crippen LogP contribution in [0.1, 0.15) is 22.9 Å². The number of hydrogen-bond donors (Lipinski definition) is 2. The molecule has 0 radical (unpaired) electrons.